The van der Waals surface area contributed by atoms with Crippen molar-refractivity contribution in [3.05, 3.63) is 18.2 Å². The molecule has 1 amide bonds. The summed E-state index contributed by atoms with van der Waals surface area (Å²) in [4.78, 5) is 11.4. The van der Waals surface area contributed by atoms with Gasteiger partial charge in [-0.2, -0.15) is 10.4 Å². The highest BCUT2D eigenvalue weighted by Gasteiger charge is 2.07. The van der Waals surface area contributed by atoms with Crippen molar-refractivity contribution < 1.29 is 9.53 Å². The molecule has 0 radical (unpaired) electrons. The van der Waals surface area contributed by atoms with Gasteiger partial charge in [-0.25, -0.2) is 0 Å². The lowest BCUT2D eigenvalue weighted by Gasteiger charge is -2.11. The van der Waals surface area contributed by atoms with Crippen LogP contribution in [0.2, 0.25) is 0 Å². The summed E-state index contributed by atoms with van der Waals surface area (Å²) in [6.45, 7) is 1.75. The van der Waals surface area contributed by atoms with E-state index in [2.05, 4.69) is 15.8 Å². The Labute approximate surface area is 122 Å². The number of rotatable bonds is 6. The highest BCUT2D eigenvalue weighted by atomic mass is 16.5. The summed E-state index contributed by atoms with van der Waals surface area (Å²) < 4.78 is 5.18. The van der Waals surface area contributed by atoms with E-state index in [4.69, 9.17) is 21.1 Å². The number of anilines is 2. The molecule has 0 heterocycles. The van der Waals surface area contributed by atoms with Crippen molar-refractivity contribution in [1.29, 1.82) is 10.7 Å². The fourth-order valence-electron chi connectivity index (χ4n) is 1.37. The molecule has 1 aromatic carbocycles. The Morgan fingerprint density at radius 3 is 2.81 bits per heavy atom. The van der Waals surface area contributed by atoms with Gasteiger partial charge in [-0.05, 0) is 12.1 Å². The molecule has 0 bridgehead atoms. The van der Waals surface area contributed by atoms with E-state index in [1.165, 1.54) is 7.11 Å². The van der Waals surface area contributed by atoms with Crippen molar-refractivity contribution in [2.24, 2.45) is 10.8 Å². The van der Waals surface area contributed by atoms with Gasteiger partial charge in [0.1, 0.15) is 11.8 Å². The second kappa shape index (κ2) is 7.49. The molecule has 0 aliphatic heterocycles. The number of methoxy groups -OCH3 is 1. The van der Waals surface area contributed by atoms with E-state index in [1.54, 1.807) is 31.2 Å². The minimum absolute atomic E-state index is 0.129. The molecule has 0 saturated carbocycles. The van der Waals surface area contributed by atoms with Crippen molar-refractivity contribution in [1.82, 2.24) is 0 Å². The Balaban J connectivity index is 2.95. The maximum atomic E-state index is 11.4. The zero-order valence-electron chi connectivity index (χ0n) is 11.7. The fraction of sp³-hybridized carbons (Fsp3) is 0.231. The summed E-state index contributed by atoms with van der Waals surface area (Å²) >= 11 is 0. The van der Waals surface area contributed by atoms with E-state index in [-0.39, 0.29) is 11.6 Å². The molecule has 21 heavy (non-hydrogen) atoms. The van der Waals surface area contributed by atoms with Crippen LogP contribution in [-0.2, 0) is 4.79 Å². The van der Waals surface area contributed by atoms with Crippen molar-refractivity contribution in [2.75, 3.05) is 17.9 Å². The Bertz CT molecular complexity index is 618. The predicted molar refractivity (Wildman–Crippen MR) is 80.5 cm³/mol. The van der Waals surface area contributed by atoms with Crippen molar-refractivity contribution in [3.8, 4) is 11.8 Å². The van der Waals surface area contributed by atoms with E-state index in [0.29, 0.717) is 23.5 Å². The fourth-order valence-corrected chi connectivity index (χ4v) is 1.37. The number of ether oxygens (including phenoxy) is 1. The third-order valence-electron chi connectivity index (χ3n) is 2.45. The maximum absolute atomic E-state index is 11.4. The van der Waals surface area contributed by atoms with Crippen LogP contribution in [0.1, 0.15) is 13.3 Å². The van der Waals surface area contributed by atoms with E-state index < -0.39 is 5.84 Å². The number of nitrogens with two attached hydrogens (primary N) is 1. The SMILES string of the molecule is CCC(=O)Nc1ccc(N/N=C(\C#N)C(=N)N)cc1OC. The topological polar surface area (TPSA) is 136 Å². The smallest absolute Gasteiger partial charge is 0.224 e. The van der Waals surface area contributed by atoms with Crippen LogP contribution >= 0.6 is 0 Å². The largest absolute Gasteiger partial charge is 0.494 e. The van der Waals surface area contributed by atoms with E-state index >= 15 is 0 Å². The van der Waals surface area contributed by atoms with Gasteiger partial charge in [0.15, 0.2) is 5.84 Å². The van der Waals surface area contributed by atoms with Crippen LogP contribution in [0.4, 0.5) is 11.4 Å². The lowest BCUT2D eigenvalue weighted by molar-refractivity contribution is -0.115. The van der Waals surface area contributed by atoms with Gasteiger partial charge in [0, 0.05) is 12.5 Å². The number of hydrogen-bond donors (Lipinski definition) is 4. The van der Waals surface area contributed by atoms with Gasteiger partial charge >= 0.3 is 0 Å². The first-order valence-electron chi connectivity index (χ1n) is 6.07. The highest BCUT2D eigenvalue weighted by molar-refractivity contribution is 6.45. The third kappa shape index (κ3) is 4.50. The number of amides is 1. The molecule has 8 nitrogen and oxygen atoms in total. The van der Waals surface area contributed by atoms with Gasteiger partial charge in [0.05, 0.1) is 18.5 Å². The molecule has 0 atom stereocenters. The van der Waals surface area contributed by atoms with Crippen LogP contribution < -0.4 is 21.2 Å². The quantitative estimate of drug-likeness (QED) is 0.355. The third-order valence-corrected chi connectivity index (χ3v) is 2.45. The van der Waals surface area contributed by atoms with Crippen LogP contribution in [0.25, 0.3) is 0 Å². The summed E-state index contributed by atoms with van der Waals surface area (Å²) in [5.74, 6) is -0.113. The number of carbonyl (C=O) groups excluding carboxylic acids is 1. The minimum atomic E-state index is -0.427. The standard InChI is InChI=1S/C13H16N6O2/c1-3-12(20)17-9-5-4-8(6-11(9)21-2)18-19-10(7-14)13(15)16/h4-6,18H,3H2,1-2H3,(H3,15,16)(H,17,20)/b19-10+. The van der Waals surface area contributed by atoms with Crippen LogP contribution in [0.3, 0.4) is 0 Å². The molecule has 0 aliphatic rings. The average Bonchev–Trinajstić information content (AvgIpc) is 2.48. The van der Waals surface area contributed by atoms with Gasteiger partial charge < -0.3 is 15.8 Å². The zero-order valence-corrected chi connectivity index (χ0v) is 11.7. The number of hydrogen-bond acceptors (Lipinski definition) is 6. The number of nitrogens with zero attached hydrogens (tertiary/aromatic N) is 2. The molecule has 0 fully saturated rings. The first kappa shape index (κ1) is 16.0. The van der Waals surface area contributed by atoms with E-state index in [0.717, 1.165) is 0 Å². The first-order valence-corrected chi connectivity index (χ1v) is 6.07. The summed E-state index contributed by atoms with van der Waals surface area (Å²) in [7, 11) is 1.47. The van der Waals surface area contributed by atoms with Crippen molar-refractivity contribution >= 4 is 28.8 Å². The monoisotopic (exact) mass is 288 g/mol. The Kier molecular flexibility index (Phi) is 5.70. The Morgan fingerprint density at radius 2 is 2.29 bits per heavy atom. The summed E-state index contributed by atoms with van der Waals surface area (Å²) in [5, 5.41) is 22.3. The molecule has 1 rings (SSSR count). The average molecular weight is 288 g/mol. The van der Waals surface area contributed by atoms with E-state index in [9.17, 15) is 4.79 Å². The molecule has 0 aromatic heterocycles. The molecule has 5 N–H and O–H groups in total. The number of nitrogens with one attached hydrogen (secondary N) is 3. The Morgan fingerprint density at radius 1 is 1.57 bits per heavy atom. The highest BCUT2D eigenvalue weighted by Crippen LogP contribution is 2.28. The number of hydrazone groups is 1. The van der Waals surface area contributed by atoms with Crippen LogP contribution in [-0.4, -0.2) is 24.6 Å². The van der Waals surface area contributed by atoms with E-state index in [1.807, 2.05) is 0 Å². The van der Waals surface area contributed by atoms with Crippen molar-refractivity contribution in [2.45, 2.75) is 13.3 Å². The minimum Gasteiger partial charge on any atom is -0.494 e. The lowest BCUT2D eigenvalue weighted by Crippen LogP contribution is -2.21. The maximum Gasteiger partial charge on any atom is 0.224 e. The second-order valence-electron chi connectivity index (χ2n) is 3.91. The normalized spacial score (nSPS) is 10.4. The predicted octanol–water partition coefficient (Wildman–Crippen LogP) is 1.27. The molecule has 8 heteroatoms. The number of benzene rings is 1. The molecular weight excluding hydrogens is 272 g/mol. The summed E-state index contributed by atoms with van der Waals surface area (Å²) in [6, 6.07) is 6.58. The molecule has 1 aromatic rings. The molecular formula is C13H16N6O2. The zero-order chi connectivity index (χ0) is 15.8. The summed E-state index contributed by atoms with van der Waals surface area (Å²) in [6.07, 6.45) is 0.359. The van der Waals surface area contributed by atoms with Gasteiger partial charge in [-0.1, -0.05) is 6.92 Å². The number of nitriles is 1. The molecule has 0 saturated heterocycles. The Hall–Kier alpha value is -3.08. The van der Waals surface area contributed by atoms with Gasteiger partial charge in [0.25, 0.3) is 0 Å². The first-order chi connectivity index (χ1) is 10.0. The molecule has 0 spiro atoms. The van der Waals surface area contributed by atoms with Crippen LogP contribution in [0.15, 0.2) is 23.3 Å². The molecule has 0 aliphatic carbocycles. The molecule has 110 valence electrons. The number of amidine groups is 1. The lowest BCUT2D eigenvalue weighted by atomic mass is 10.2. The van der Waals surface area contributed by atoms with Crippen LogP contribution in [0.5, 0.6) is 5.75 Å². The van der Waals surface area contributed by atoms with Gasteiger partial charge in [-0.15, -0.1) is 0 Å². The van der Waals surface area contributed by atoms with Crippen molar-refractivity contribution in [3.63, 3.8) is 0 Å². The summed E-state index contributed by atoms with van der Waals surface area (Å²) in [5.41, 5.74) is 8.61. The van der Waals surface area contributed by atoms with Gasteiger partial charge in [0.2, 0.25) is 11.6 Å². The van der Waals surface area contributed by atoms with Gasteiger partial charge in [-0.3, -0.25) is 15.6 Å². The second-order valence-corrected chi connectivity index (χ2v) is 3.91. The molecule has 0 unspecified atom stereocenters. The number of carbonyl (C=O) groups is 1. The van der Waals surface area contributed by atoms with Crippen LogP contribution in [0, 0.1) is 16.7 Å².